The number of hydrogen-bond donors (Lipinski definition) is 1. The normalized spacial score (nSPS) is 12.8. The van der Waals surface area contributed by atoms with Gasteiger partial charge in [-0.15, -0.1) is 0 Å². The molecule has 1 atom stereocenters. The maximum absolute atomic E-state index is 5.83. The van der Waals surface area contributed by atoms with Crippen LogP contribution < -0.4 is 5.73 Å². The van der Waals surface area contributed by atoms with E-state index < -0.39 is 0 Å². The van der Waals surface area contributed by atoms with Crippen LogP contribution in [0.25, 0.3) is 0 Å². The highest BCUT2D eigenvalue weighted by Crippen LogP contribution is 2.11. The average Bonchev–Trinajstić information content (AvgIpc) is 2.14. The molecule has 2 nitrogen and oxygen atoms in total. The van der Waals surface area contributed by atoms with Gasteiger partial charge in [-0.3, -0.25) is 4.98 Å². The molecule has 1 rings (SSSR count). The number of nitrogens with two attached hydrogens (primary N) is 1. The fraction of sp³-hybridized carbons (Fsp3) is 0.500. The monoisotopic (exact) mass is 242 g/mol. The molecular weight excluding hydrogens is 228 g/mol. The van der Waals surface area contributed by atoms with Crippen LogP contribution in [0.1, 0.15) is 25.3 Å². The van der Waals surface area contributed by atoms with E-state index in [1.807, 2.05) is 6.20 Å². The quantitative estimate of drug-likeness (QED) is 0.882. The largest absolute Gasteiger partial charge is 0.328 e. The molecule has 0 aromatic carbocycles. The molecule has 0 saturated heterocycles. The molecule has 0 fully saturated rings. The molecule has 1 heterocycles. The molecule has 3 heteroatoms. The van der Waals surface area contributed by atoms with Crippen LogP contribution in [0.2, 0.25) is 0 Å². The van der Waals surface area contributed by atoms with Crippen molar-refractivity contribution in [1.82, 2.24) is 4.98 Å². The topological polar surface area (TPSA) is 38.9 Å². The standard InChI is InChI=1S/C10H15BrN2/c1-2-10(12)4-3-8-5-9(11)7-13-6-8/h5-7,10H,2-4,12H2,1H3. The molecule has 2 N–H and O–H groups in total. The van der Waals surface area contributed by atoms with Crippen molar-refractivity contribution in [2.45, 2.75) is 32.2 Å². The lowest BCUT2D eigenvalue weighted by Crippen LogP contribution is -2.19. The van der Waals surface area contributed by atoms with Crippen LogP contribution in [0.15, 0.2) is 22.9 Å². The van der Waals surface area contributed by atoms with Crippen LogP contribution in [-0.4, -0.2) is 11.0 Å². The van der Waals surface area contributed by atoms with Crippen LogP contribution in [0.5, 0.6) is 0 Å². The van der Waals surface area contributed by atoms with Gasteiger partial charge in [0, 0.05) is 22.9 Å². The second kappa shape index (κ2) is 5.35. The van der Waals surface area contributed by atoms with Crippen molar-refractivity contribution in [3.8, 4) is 0 Å². The van der Waals surface area contributed by atoms with Gasteiger partial charge in [-0.2, -0.15) is 0 Å². The summed E-state index contributed by atoms with van der Waals surface area (Å²) in [7, 11) is 0. The number of hydrogen-bond acceptors (Lipinski definition) is 2. The van der Waals surface area contributed by atoms with Crippen LogP contribution in [0.3, 0.4) is 0 Å². The maximum Gasteiger partial charge on any atom is 0.0410 e. The summed E-state index contributed by atoms with van der Waals surface area (Å²) >= 11 is 3.39. The number of rotatable bonds is 4. The summed E-state index contributed by atoms with van der Waals surface area (Å²) in [5.41, 5.74) is 7.08. The second-order valence-corrected chi connectivity index (χ2v) is 4.13. The third-order valence-corrected chi connectivity index (χ3v) is 2.52. The van der Waals surface area contributed by atoms with Crippen molar-refractivity contribution in [3.05, 3.63) is 28.5 Å². The Bertz CT molecular complexity index is 263. The number of halogens is 1. The number of nitrogens with zero attached hydrogens (tertiary/aromatic N) is 1. The molecule has 0 saturated carbocycles. The van der Waals surface area contributed by atoms with Crippen LogP contribution in [-0.2, 0) is 6.42 Å². The Labute approximate surface area is 87.7 Å². The van der Waals surface area contributed by atoms with Crippen molar-refractivity contribution in [2.24, 2.45) is 5.73 Å². The van der Waals surface area contributed by atoms with Gasteiger partial charge in [-0.05, 0) is 46.8 Å². The van der Waals surface area contributed by atoms with Crippen LogP contribution in [0, 0.1) is 0 Å². The fourth-order valence-electron chi connectivity index (χ4n) is 1.15. The lowest BCUT2D eigenvalue weighted by Gasteiger charge is -2.07. The Kier molecular flexibility index (Phi) is 4.39. The third-order valence-electron chi connectivity index (χ3n) is 2.09. The van der Waals surface area contributed by atoms with Gasteiger partial charge in [0.05, 0.1) is 0 Å². The van der Waals surface area contributed by atoms with Crippen molar-refractivity contribution in [1.29, 1.82) is 0 Å². The lowest BCUT2D eigenvalue weighted by molar-refractivity contribution is 0.595. The number of aromatic nitrogens is 1. The summed E-state index contributed by atoms with van der Waals surface area (Å²) in [5, 5.41) is 0. The summed E-state index contributed by atoms with van der Waals surface area (Å²) in [6.07, 6.45) is 6.79. The summed E-state index contributed by atoms with van der Waals surface area (Å²) in [6.45, 7) is 2.11. The minimum atomic E-state index is 0.319. The van der Waals surface area contributed by atoms with Gasteiger partial charge in [-0.25, -0.2) is 0 Å². The SMILES string of the molecule is CCC(N)CCc1cncc(Br)c1. The summed E-state index contributed by atoms with van der Waals surface area (Å²) in [4.78, 5) is 4.10. The molecule has 0 radical (unpaired) electrons. The van der Waals surface area contributed by atoms with Crippen LogP contribution >= 0.6 is 15.9 Å². The van der Waals surface area contributed by atoms with E-state index in [2.05, 4.69) is 33.9 Å². The van der Waals surface area contributed by atoms with E-state index in [9.17, 15) is 0 Å². The Balaban J connectivity index is 2.45. The van der Waals surface area contributed by atoms with Gasteiger partial charge in [0.25, 0.3) is 0 Å². The van der Waals surface area contributed by atoms with Gasteiger partial charge in [0.15, 0.2) is 0 Å². The van der Waals surface area contributed by atoms with Gasteiger partial charge in [0.2, 0.25) is 0 Å². The van der Waals surface area contributed by atoms with E-state index in [0.717, 1.165) is 23.7 Å². The lowest BCUT2D eigenvalue weighted by atomic mass is 10.1. The molecule has 13 heavy (non-hydrogen) atoms. The van der Waals surface area contributed by atoms with E-state index in [-0.39, 0.29) is 0 Å². The minimum absolute atomic E-state index is 0.319. The van der Waals surface area contributed by atoms with Gasteiger partial charge in [0.1, 0.15) is 0 Å². The van der Waals surface area contributed by atoms with E-state index >= 15 is 0 Å². The average molecular weight is 243 g/mol. The zero-order valence-electron chi connectivity index (χ0n) is 7.83. The molecule has 1 unspecified atom stereocenters. The molecule has 0 bridgehead atoms. The number of pyridine rings is 1. The minimum Gasteiger partial charge on any atom is -0.328 e. The molecule has 0 spiro atoms. The van der Waals surface area contributed by atoms with Gasteiger partial charge < -0.3 is 5.73 Å². The molecular formula is C10H15BrN2. The van der Waals surface area contributed by atoms with Crippen molar-refractivity contribution in [3.63, 3.8) is 0 Å². The first kappa shape index (κ1) is 10.7. The smallest absolute Gasteiger partial charge is 0.0410 e. The van der Waals surface area contributed by atoms with E-state index in [0.29, 0.717) is 6.04 Å². The van der Waals surface area contributed by atoms with Crippen molar-refractivity contribution in [2.75, 3.05) is 0 Å². The molecule has 0 aliphatic carbocycles. The maximum atomic E-state index is 5.83. The first-order chi connectivity index (χ1) is 6.22. The number of aryl methyl sites for hydroxylation is 1. The Morgan fingerprint density at radius 1 is 1.54 bits per heavy atom. The molecule has 0 amide bonds. The Morgan fingerprint density at radius 2 is 2.31 bits per heavy atom. The molecule has 0 aliphatic heterocycles. The highest BCUT2D eigenvalue weighted by atomic mass is 79.9. The zero-order chi connectivity index (χ0) is 9.68. The first-order valence-electron chi connectivity index (χ1n) is 4.57. The van der Waals surface area contributed by atoms with E-state index in [1.54, 1.807) is 6.20 Å². The van der Waals surface area contributed by atoms with Crippen molar-refractivity contribution < 1.29 is 0 Å². The first-order valence-corrected chi connectivity index (χ1v) is 5.36. The molecule has 1 aromatic rings. The third kappa shape index (κ3) is 3.87. The highest BCUT2D eigenvalue weighted by molar-refractivity contribution is 9.10. The fourth-order valence-corrected chi connectivity index (χ4v) is 1.56. The summed E-state index contributed by atoms with van der Waals surface area (Å²) in [6, 6.07) is 2.41. The van der Waals surface area contributed by atoms with Gasteiger partial charge in [-0.1, -0.05) is 6.92 Å². The van der Waals surface area contributed by atoms with E-state index in [4.69, 9.17) is 5.73 Å². The Hall–Kier alpha value is -0.410. The van der Waals surface area contributed by atoms with Crippen molar-refractivity contribution >= 4 is 15.9 Å². The van der Waals surface area contributed by atoms with E-state index in [1.165, 1.54) is 5.56 Å². The zero-order valence-corrected chi connectivity index (χ0v) is 9.42. The molecule has 1 aromatic heterocycles. The Morgan fingerprint density at radius 3 is 2.92 bits per heavy atom. The summed E-state index contributed by atoms with van der Waals surface area (Å²) < 4.78 is 1.04. The molecule has 0 aliphatic rings. The highest BCUT2D eigenvalue weighted by Gasteiger charge is 2.00. The predicted molar refractivity (Wildman–Crippen MR) is 58.5 cm³/mol. The van der Waals surface area contributed by atoms with Crippen LogP contribution in [0.4, 0.5) is 0 Å². The summed E-state index contributed by atoms with van der Waals surface area (Å²) in [5.74, 6) is 0. The predicted octanol–water partition coefficient (Wildman–Crippen LogP) is 2.51. The molecule has 72 valence electrons. The second-order valence-electron chi connectivity index (χ2n) is 3.22. The van der Waals surface area contributed by atoms with Gasteiger partial charge >= 0.3 is 0 Å².